The summed E-state index contributed by atoms with van der Waals surface area (Å²) in [4.78, 5) is 81.9. The summed E-state index contributed by atoms with van der Waals surface area (Å²) < 4.78 is 31.2. The van der Waals surface area contributed by atoms with Gasteiger partial charge in [0, 0.05) is 54.1 Å². The van der Waals surface area contributed by atoms with E-state index in [4.69, 9.17) is 28.5 Å². The second kappa shape index (κ2) is 20.7. The first-order chi connectivity index (χ1) is 32.3. The molecule has 2 aliphatic heterocycles. The number of piperidine rings is 1. The second-order valence-corrected chi connectivity index (χ2v) is 17.9. The van der Waals surface area contributed by atoms with E-state index in [-0.39, 0.29) is 48.1 Å². The fraction of sp³-hybridized carbons (Fsp3) is 0.362. The molecule has 350 valence electrons. The van der Waals surface area contributed by atoms with E-state index in [2.05, 4.69) is 30.8 Å². The van der Waals surface area contributed by atoms with Crippen LogP contribution in [0, 0.1) is 0 Å². The van der Waals surface area contributed by atoms with Gasteiger partial charge >= 0.3 is 6.03 Å². The molecule has 19 nitrogen and oxygen atoms in total. The molecule has 3 aromatic heterocycles. The smallest absolute Gasteiger partial charge is 0.324 e. The van der Waals surface area contributed by atoms with Gasteiger partial charge in [-0.25, -0.2) is 9.78 Å². The average molecular weight is 935 g/mol. The number of rotatable bonds is 21. The van der Waals surface area contributed by atoms with Gasteiger partial charge in [-0.2, -0.15) is 0 Å². The largest absolute Gasteiger partial charge is 0.491 e. The lowest BCUT2D eigenvalue weighted by Crippen LogP contribution is -2.54. The van der Waals surface area contributed by atoms with Gasteiger partial charge in [-0.15, -0.1) is 0 Å². The van der Waals surface area contributed by atoms with Crippen LogP contribution < -0.4 is 26.0 Å². The van der Waals surface area contributed by atoms with E-state index in [1.807, 2.05) is 69.4 Å². The van der Waals surface area contributed by atoms with Crippen molar-refractivity contribution >= 4 is 79.1 Å². The van der Waals surface area contributed by atoms with Crippen molar-refractivity contribution < 1.29 is 52.2 Å². The summed E-state index contributed by atoms with van der Waals surface area (Å²) in [6, 6.07) is 18.3. The van der Waals surface area contributed by atoms with E-state index in [1.54, 1.807) is 29.5 Å². The Kier molecular flexibility index (Phi) is 14.4. The van der Waals surface area contributed by atoms with Crippen molar-refractivity contribution in [3.8, 4) is 17.0 Å². The van der Waals surface area contributed by atoms with E-state index in [1.165, 1.54) is 6.07 Å². The van der Waals surface area contributed by atoms with Crippen LogP contribution in [0.15, 0.2) is 77.4 Å². The van der Waals surface area contributed by atoms with Crippen LogP contribution in [0.4, 0.5) is 22.0 Å². The number of hydrogen-bond donors (Lipinski definition) is 4. The predicted molar refractivity (Wildman–Crippen MR) is 248 cm³/mol. The maximum Gasteiger partial charge on any atom is 0.324 e. The van der Waals surface area contributed by atoms with Gasteiger partial charge in [0.15, 0.2) is 16.6 Å². The molecular weight excluding hydrogens is 885 g/mol. The Morgan fingerprint density at radius 2 is 1.63 bits per heavy atom. The minimum Gasteiger partial charge on any atom is -0.491 e. The fourth-order valence-corrected chi connectivity index (χ4v) is 8.51. The molecule has 4 N–H and O–H groups in total. The highest BCUT2D eigenvalue weighted by atomic mass is 32.1. The molecular formula is C47H50N8O11S. The van der Waals surface area contributed by atoms with Crippen LogP contribution in [0.1, 0.15) is 72.9 Å². The quantitative estimate of drug-likeness (QED) is 0.0450. The topological polar surface area (TPSA) is 234 Å². The number of imidazole rings is 1. The molecule has 6 amide bonds. The molecule has 0 radical (unpaired) electrons. The zero-order valence-electron chi connectivity index (χ0n) is 37.2. The summed E-state index contributed by atoms with van der Waals surface area (Å²) in [5.74, 6) is -0.735. The summed E-state index contributed by atoms with van der Waals surface area (Å²) in [7, 11) is 0. The summed E-state index contributed by atoms with van der Waals surface area (Å²) in [5.41, 5.74) is 3.71. The van der Waals surface area contributed by atoms with Gasteiger partial charge in [0.05, 0.1) is 66.6 Å². The molecule has 6 aromatic rings. The minimum absolute atomic E-state index is 0.0286. The third-order valence-electron chi connectivity index (χ3n) is 10.9. The van der Waals surface area contributed by atoms with Crippen LogP contribution in [0.2, 0.25) is 0 Å². The Bertz CT molecular complexity index is 2810. The van der Waals surface area contributed by atoms with E-state index < -0.39 is 35.7 Å². The summed E-state index contributed by atoms with van der Waals surface area (Å²) >= 11 is 1.56. The zero-order chi connectivity index (χ0) is 47.1. The number of benzene rings is 3. The Morgan fingerprint density at radius 3 is 2.36 bits per heavy atom. The molecule has 0 aliphatic carbocycles. The van der Waals surface area contributed by atoms with Crippen molar-refractivity contribution in [3.05, 3.63) is 89.8 Å². The molecule has 0 saturated carbocycles. The molecule has 1 unspecified atom stereocenters. The highest BCUT2D eigenvalue weighted by Crippen LogP contribution is 2.34. The number of hydrogen-bond acceptors (Lipinski definition) is 15. The molecule has 1 saturated heterocycles. The van der Waals surface area contributed by atoms with Crippen LogP contribution in [0.3, 0.4) is 0 Å². The molecule has 20 heteroatoms. The number of fused-ring (bicyclic) bond motifs is 4. The van der Waals surface area contributed by atoms with Crippen molar-refractivity contribution in [3.63, 3.8) is 0 Å². The van der Waals surface area contributed by atoms with Crippen molar-refractivity contribution in [2.24, 2.45) is 0 Å². The molecule has 0 spiro atoms. The van der Waals surface area contributed by atoms with Crippen LogP contribution >= 0.6 is 11.3 Å². The molecule has 3 aromatic carbocycles. The standard InChI is InChI=1S/C47H50N8O11S/c1-47(2,3)38-25-39(53-66-38)51-45(61)49-29-11-9-28(10-12-29)34-27-54-35-14-13-31(24-37(35)67-46(54)50-34)65-23-22-64-21-20-63-19-18-62-17-5-6-30(56)26-48-33-8-4-7-32-41(33)44(60)55(43(32)59)36-15-16-40(57)52-42(36)58/h4,7-14,24-25,27,36,48H,5-6,15-23,26H2,1-3H3,(H,52,57,58)(H2,49,51,53,61). The van der Waals surface area contributed by atoms with Gasteiger partial charge in [-0.05, 0) is 55.3 Å². The van der Waals surface area contributed by atoms with Crippen molar-refractivity contribution in [1.82, 2.24) is 24.8 Å². The fourth-order valence-electron chi connectivity index (χ4n) is 7.48. The number of imide groups is 2. The molecule has 1 fully saturated rings. The number of amides is 6. The van der Waals surface area contributed by atoms with Crippen LogP contribution in [-0.2, 0) is 34.0 Å². The number of ketones is 1. The minimum atomic E-state index is -1.07. The number of nitrogens with zero attached hydrogens (tertiary/aromatic N) is 4. The molecule has 8 rings (SSSR count). The number of carbonyl (C=O) groups excluding carboxylic acids is 6. The van der Waals surface area contributed by atoms with Crippen LogP contribution in [0.5, 0.6) is 5.75 Å². The zero-order valence-corrected chi connectivity index (χ0v) is 38.0. The lowest BCUT2D eigenvalue weighted by atomic mass is 9.93. The number of nitrogens with one attached hydrogen (secondary N) is 4. The number of anilines is 3. The first kappa shape index (κ1) is 46.5. The highest BCUT2D eigenvalue weighted by Gasteiger charge is 2.45. The molecule has 0 bridgehead atoms. The van der Waals surface area contributed by atoms with Crippen LogP contribution in [-0.4, -0.2) is 114 Å². The Hall–Kier alpha value is -7.00. The maximum absolute atomic E-state index is 13.2. The summed E-state index contributed by atoms with van der Waals surface area (Å²) in [6.45, 7) is 8.59. The van der Waals surface area contributed by atoms with Gasteiger partial charge in [0.1, 0.15) is 24.2 Å². The Labute approximate surface area is 388 Å². The molecule has 67 heavy (non-hydrogen) atoms. The third-order valence-corrected chi connectivity index (χ3v) is 11.9. The number of aromatic nitrogens is 3. The first-order valence-electron chi connectivity index (χ1n) is 21.9. The van der Waals surface area contributed by atoms with Gasteiger partial charge in [0.2, 0.25) is 11.8 Å². The lowest BCUT2D eigenvalue weighted by Gasteiger charge is -2.27. The van der Waals surface area contributed by atoms with Gasteiger partial charge in [-0.1, -0.05) is 55.5 Å². The average Bonchev–Trinajstić information content (AvgIpc) is 4.08. The molecule has 1 atom stereocenters. The van der Waals surface area contributed by atoms with Crippen molar-refractivity contribution in [2.75, 3.05) is 68.7 Å². The monoisotopic (exact) mass is 934 g/mol. The van der Waals surface area contributed by atoms with E-state index in [0.717, 1.165) is 37.1 Å². The van der Waals surface area contributed by atoms with E-state index in [9.17, 15) is 28.8 Å². The number of Topliss-reactive ketones (excluding diaryl/α,β-unsaturated/α-hetero) is 1. The van der Waals surface area contributed by atoms with Crippen molar-refractivity contribution in [1.29, 1.82) is 0 Å². The predicted octanol–water partition coefficient (Wildman–Crippen LogP) is 6.44. The van der Waals surface area contributed by atoms with Gasteiger partial charge < -0.3 is 34.1 Å². The lowest BCUT2D eigenvalue weighted by molar-refractivity contribution is -0.136. The van der Waals surface area contributed by atoms with E-state index >= 15 is 0 Å². The first-order valence-corrected chi connectivity index (χ1v) is 22.7. The molecule has 2 aliphatic rings. The SMILES string of the molecule is CC(C)(C)c1cc(NC(=O)Nc2ccc(-c3cn4c(n3)sc3cc(OCCOCCOCCOCCCC(=O)CNc5cccc6c5C(=O)N(C5CCC(=O)NC5=O)C6=O)ccc34)cc2)no1. The number of urea groups is 1. The van der Waals surface area contributed by atoms with Gasteiger partial charge in [0.25, 0.3) is 11.8 Å². The number of ether oxygens (including phenoxy) is 4. The Morgan fingerprint density at radius 1 is 0.881 bits per heavy atom. The van der Waals surface area contributed by atoms with Gasteiger partial charge in [-0.3, -0.25) is 43.9 Å². The summed E-state index contributed by atoms with van der Waals surface area (Å²) in [5, 5.41) is 14.6. The Balaban J connectivity index is 0.666. The normalized spacial score (nSPS) is 15.0. The summed E-state index contributed by atoms with van der Waals surface area (Å²) in [6.07, 6.45) is 2.82. The maximum atomic E-state index is 13.2. The third kappa shape index (κ3) is 11.2. The highest BCUT2D eigenvalue weighted by molar-refractivity contribution is 7.23. The van der Waals surface area contributed by atoms with Crippen LogP contribution in [0.25, 0.3) is 26.4 Å². The number of thiazole rings is 1. The second-order valence-electron chi connectivity index (χ2n) is 16.8. The van der Waals surface area contributed by atoms with E-state index in [0.29, 0.717) is 75.6 Å². The van der Waals surface area contributed by atoms with Crippen molar-refractivity contribution in [2.45, 2.75) is 57.9 Å². The molecule has 5 heterocycles. The number of carbonyl (C=O) groups is 6.